The van der Waals surface area contributed by atoms with Crippen molar-refractivity contribution in [3.8, 4) is 0 Å². The van der Waals surface area contributed by atoms with E-state index in [9.17, 15) is 13.2 Å². The van der Waals surface area contributed by atoms with Crippen LogP contribution in [0.5, 0.6) is 0 Å². The molecule has 0 bridgehead atoms. The average Bonchev–Trinajstić information content (AvgIpc) is 2.34. The van der Waals surface area contributed by atoms with Crippen molar-refractivity contribution < 1.29 is 17.9 Å². The summed E-state index contributed by atoms with van der Waals surface area (Å²) in [5.41, 5.74) is 4.95. The third-order valence-electron chi connectivity index (χ3n) is 1.85. The van der Waals surface area contributed by atoms with E-state index in [4.69, 9.17) is 10.5 Å². The summed E-state index contributed by atoms with van der Waals surface area (Å²) in [6, 6.07) is -1.72. The molecule has 0 aromatic carbocycles. The summed E-state index contributed by atoms with van der Waals surface area (Å²) in [7, 11) is 0. The zero-order valence-corrected chi connectivity index (χ0v) is 5.90. The average molecular weight is 169 g/mol. The highest BCUT2D eigenvalue weighted by Gasteiger charge is 2.42. The summed E-state index contributed by atoms with van der Waals surface area (Å²) in [5, 5.41) is 0. The van der Waals surface area contributed by atoms with Gasteiger partial charge < -0.3 is 10.5 Å². The van der Waals surface area contributed by atoms with Gasteiger partial charge in [0.05, 0.1) is 6.61 Å². The Bertz CT molecular complexity index is 130. The molecule has 2 N–H and O–H groups in total. The van der Waals surface area contributed by atoms with Crippen molar-refractivity contribution in [2.45, 2.75) is 18.6 Å². The molecular formula is C6H10F3NO. The molecule has 0 radical (unpaired) electrons. The lowest BCUT2D eigenvalue weighted by Crippen LogP contribution is -2.43. The van der Waals surface area contributed by atoms with Gasteiger partial charge in [0.1, 0.15) is 6.04 Å². The first-order valence-corrected chi connectivity index (χ1v) is 3.42. The predicted molar refractivity (Wildman–Crippen MR) is 33.0 cm³/mol. The molecule has 66 valence electrons. The Morgan fingerprint density at radius 2 is 2.09 bits per heavy atom. The summed E-state index contributed by atoms with van der Waals surface area (Å²) in [4.78, 5) is 0. The SMILES string of the molecule is N[C@H]([C@@H]1CCOC1)C(F)(F)F. The Kier molecular flexibility index (Phi) is 2.39. The molecular weight excluding hydrogens is 159 g/mol. The van der Waals surface area contributed by atoms with E-state index in [0.29, 0.717) is 13.0 Å². The van der Waals surface area contributed by atoms with Crippen molar-refractivity contribution in [3.05, 3.63) is 0 Å². The van der Waals surface area contributed by atoms with Crippen LogP contribution in [0.1, 0.15) is 6.42 Å². The van der Waals surface area contributed by atoms with Crippen LogP contribution in [0.15, 0.2) is 0 Å². The first kappa shape index (κ1) is 8.80. The number of hydrogen-bond acceptors (Lipinski definition) is 2. The fraction of sp³-hybridized carbons (Fsp3) is 1.00. The van der Waals surface area contributed by atoms with Crippen molar-refractivity contribution in [3.63, 3.8) is 0 Å². The summed E-state index contributed by atoms with van der Waals surface area (Å²) in [6.45, 7) is 0.537. The van der Waals surface area contributed by atoms with E-state index in [-0.39, 0.29) is 6.61 Å². The van der Waals surface area contributed by atoms with Crippen LogP contribution >= 0.6 is 0 Å². The number of hydrogen-bond donors (Lipinski definition) is 1. The minimum atomic E-state index is -4.28. The summed E-state index contributed by atoms with van der Waals surface area (Å²) in [6.07, 6.45) is -3.86. The van der Waals surface area contributed by atoms with Crippen LogP contribution in [0.4, 0.5) is 13.2 Å². The summed E-state index contributed by atoms with van der Waals surface area (Å²) >= 11 is 0. The van der Waals surface area contributed by atoms with Crippen molar-refractivity contribution >= 4 is 0 Å². The second-order valence-electron chi connectivity index (χ2n) is 2.69. The molecule has 5 heteroatoms. The highest BCUT2D eigenvalue weighted by Crippen LogP contribution is 2.28. The molecule has 11 heavy (non-hydrogen) atoms. The van der Waals surface area contributed by atoms with Gasteiger partial charge in [-0.3, -0.25) is 0 Å². The molecule has 1 aliphatic rings. The molecule has 0 amide bonds. The highest BCUT2D eigenvalue weighted by atomic mass is 19.4. The second-order valence-corrected chi connectivity index (χ2v) is 2.69. The van der Waals surface area contributed by atoms with Gasteiger partial charge in [-0.25, -0.2) is 0 Å². The Balaban J connectivity index is 2.46. The van der Waals surface area contributed by atoms with Gasteiger partial charge in [-0.05, 0) is 6.42 Å². The van der Waals surface area contributed by atoms with Crippen LogP contribution < -0.4 is 5.73 Å². The molecule has 2 nitrogen and oxygen atoms in total. The fourth-order valence-electron chi connectivity index (χ4n) is 1.10. The summed E-state index contributed by atoms with van der Waals surface area (Å²) in [5.74, 6) is -0.546. The highest BCUT2D eigenvalue weighted by molar-refractivity contribution is 4.81. The van der Waals surface area contributed by atoms with Crippen molar-refractivity contribution in [1.82, 2.24) is 0 Å². The van der Waals surface area contributed by atoms with Gasteiger partial charge in [0, 0.05) is 12.5 Å². The first-order chi connectivity index (χ1) is 5.02. The molecule has 0 aliphatic carbocycles. The van der Waals surface area contributed by atoms with Crippen LogP contribution in [-0.4, -0.2) is 25.4 Å². The molecule has 0 spiro atoms. The number of alkyl halides is 3. The Labute approximate surface area is 62.5 Å². The van der Waals surface area contributed by atoms with Gasteiger partial charge in [0.25, 0.3) is 0 Å². The maximum Gasteiger partial charge on any atom is 0.403 e. The standard InChI is InChI=1S/C6H10F3NO/c7-6(8,9)5(10)4-1-2-11-3-4/h4-5H,1-3,10H2/t4-,5-/m1/s1. The molecule has 1 fully saturated rings. The van der Waals surface area contributed by atoms with E-state index >= 15 is 0 Å². The van der Waals surface area contributed by atoms with E-state index in [1.165, 1.54) is 0 Å². The van der Waals surface area contributed by atoms with E-state index in [2.05, 4.69) is 0 Å². The fourth-order valence-corrected chi connectivity index (χ4v) is 1.10. The number of ether oxygens (including phenoxy) is 1. The van der Waals surface area contributed by atoms with Crippen LogP contribution in [0.2, 0.25) is 0 Å². The molecule has 2 atom stereocenters. The first-order valence-electron chi connectivity index (χ1n) is 3.42. The minimum absolute atomic E-state index is 0.140. The number of nitrogens with two attached hydrogens (primary N) is 1. The molecule has 1 saturated heterocycles. The van der Waals surface area contributed by atoms with Gasteiger partial charge in [0.2, 0.25) is 0 Å². The topological polar surface area (TPSA) is 35.2 Å². The molecule has 0 saturated carbocycles. The largest absolute Gasteiger partial charge is 0.403 e. The lowest BCUT2D eigenvalue weighted by molar-refractivity contribution is -0.158. The van der Waals surface area contributed by atoms with Crippen LogP contribution in [0.3, 0.4) is 0 Å². The predicted octanol–water partition coefficient (Wildman–Crippen LogP) is 0.912. The quantitative estimate of drug-likeness (QED) is 0.633. The lowest BCUT2D eigenvalue weighted by Gasteiger charge is -2.20. The van der Waals surface area contributed by atoms with Crippen molar-refractivity contribution in [1.29, 1.82) is 0 Å². The monoisotopic (exact) mass is 169 g/mol. The third-order valence-corrected chi connectivity index (χ3v) is 1.85. The minimum Gasteiger partial charge on any atom is -0.381 e. The second kappa shape index (κ2) is 2.98. The Morgan fingerprint density at radius 1 is 1.45 bits per heavy atom. The van der Waals surface area contributed by atoms with Crippen LogP contribution in [0.25, 0.3) is 0 Å². The van der Waals surface area contributed by atoms with Crippen LogP contribution in [0, 0.1) is 5.92 Å². The number of halogens is 3. The third kappa shape index (κ3) is 2.07. The van der Waals surface area contributed by atoms with Gasteiger partial charge in [-0.1, -0.05) is 0 Å². The maximum atomic E-state index is 11.9. The van der Waals surface area contributed by atoms with Crippen LogP contribution in [-0.2, 0) is 4.74 Å². The molecule has 0 aromatic rings. The lowest BCUT2D eigenvalue weighted by atomic mass is 10.00. The molecule has 1 rings (SSSR count). The molecule has 0 aromatic heterocycles. The smallest absolute Gasteiger partial charge is 0.381 e. The van der Waals surface area contributed by atoms with E-state index in [1.807, 2.05) is 0 Å². The van der Waals surface area contributed by atoms with E-state index in [1.54, 1.807) is 0 Å². The van der Waals surface area contributed by atoms with Gasteiger partial charge in [0.15, 0.2) is 0 Å². The van der Waals surface area contributed by atoms with E-state index < -0.39 is 18.1 Å². The van der Waals surface area contributed by atoms with Crippen molar-refractivity contribution in [2.24, 2.45) is 11.7 Å². The number of rotatable bonds is 1. The normalized spacial score (nSPS) is 28.9. The van der Waals surface area contributed by atoms with E-state index in [0.717, 1.165) is 0 Å². The zero-order chi connectivity index (χ0) is 8.48. The summed E-state index contributed by atoms with van der Waals surface area (Å²) < 4.78 is 40.6. The van der Waals surface area contributed by atoms with Gasteiger partial charge in [-0.15, -0.1) is 0 Å². The Morgan fingerprint density at radius 3 is 2.45 bits per heavy atom. The molecule has 1 heterocycles. The molecule has 1 aliphatic heterocycles. The molecule has 0 unspecified atom stereocenters. The Hall–Kier alpha value is -0.290. The maximum absolute atomic E-state index is 11.9. The zero-order valence-electron chi connectivity index (χ0n) is 5.90. The van der Waals surface area contributed by atoms with Gasteiger partial charge >= 0.3 is 6.18 Å². The van der Waals surface area contributed by atoms with Crippen molar-refractivity contribution in [2.75, 3.05) is 13.2 Å². The van der Waals surface area contributed by atoms with Gasteiger partial charge in [-0.2, -0.15) is 13.2 Å².